The number of amides is 2. The van der Waals surface area contributed by atoms with Crippen LogP contribution >= 0.6 is 34.8 Å². The molecule has 3 unspecified atom stereocenters. The molecule has 4 saturated heterocycles. The molecule has 1 aliphatic carbocycles. The maximum Gasteiger partial charge on any atom is 0.410 e. The van der Waals surface area contributed by atoms with Crippen LogP contribution in [0.2, 0.25) is 0 Å². The van der Waals surface area contributed by atoms with E-state index in [-0.39, 0.29) is 30.3 Å². The largest absolute Gasteiger partial charge is 0.445 e. The van der Waals surface area contributed by atoms with Crippen LogP contribution < -0.4 is 5.32 Å². The second kappa shape index (κ2) is 8.59. The average molecular weight is 562 g/mol. The fourth-order valence-electron chi connectivity index (χ4n) is 7.09. The van der Waals surface area contributed by atoms with Crippen molar-refractivity contribution in [1.82, 2.24) is 4.90 Å². The number of hydrogen-bond acceptors (Lipinski definition) is 7. The second-order valence-electron chi connectivity index (χ2n) is 10.2. The van der Waals surface area contributed by atoms with Gasteiger partial charge < -0.3 is 33.9 Å². The average Bonchev–Trinajstić information content (AvgIpc) is 3.21. The summed E-state index contributed by atoms with van der Waals surface area (Å²) in [4.78, 5) is 28.8. The van der Waals surface area contributed by atoms with Crippen LogP contribution in [0.3, 0.4) is 0 Å². The Morgan fingerprint density at radius 3 is 2.81 bits per heavy atom. The van der Waals surface area contributed by atoms with E-state index >= 15 is 0 Å². The minimum Gasteiger partial charge on any atom is -0.445 e. The van der Waals surface area contributed by atoms with Crippen LogP contribution in [-0.4, -0.2) is 77.9 Å². The summed E-state index contributed by atoms with van der Waals surface area (Å²) >= 11 is 17.6. The quantitative estimate of drug-likeness (QED) is 0.551. The number of carbonyl (C=O) groups excluding carboxylic acids is 2. The molecule has 1 aromatic rings. The Hall–Kier alpha value is -1.33. The van der Waals surface area contributed by atoms with Gasteiger partial charge in [0.1, 0.15) is 17.6 Å². The first-order chi connectivity index (χ1) is 17.1. The lowest BCUT2D eigenvalue weighted by molar-refractivity contribution is -0.260. The highest BCUT2D eigenvalue weighted by molar-refractivity contribution is 6.67. The van der Waals surface area contributed by atoms with Gasteiger partial charge in [0.15, 0.2) is 0 Å². The van der Waals surface area contributed by atoms with Gasteiger partial charge in [-0.25, -0.2) is 4.79 Å². The van der Waals surface area contributed by atoms with Crippen molar-refractivity contribution < 1.29 is 33.3 Å². The molecular formula is C24H27Cl3N2O7. The zero-order valence-corrected chi connectivity index (χ0v) is 22.0. The number of alkyl halides is 3. The fourth-order valence-corrected chi connectivity index (χ4v) is 7.25. The number of para-hydroxylation sites is 1. The third-order valence-corrected chi connectivity index (χ3v) is 8.99. The Morgan fingerprint density at radius 2 is 2.08 bits per heavy atom. The van der Waals surface area contributed by atoms with E-state index in [0.29, 0.717) is 19.4 Å². The van der Waals surface area contributed by atoms with Crippen molar-refractivity contribution in [3.63, 3.8) is 0 Å². The summed E-state index contributed by atoms with van der Waals surface area (Å²) in [6, 6.07) is 7.28. The Labute approximate surface area is 223 Å². The zero-order chi connectivity index (χ0) is 25.5. The number of anilines is 1. The van der Waals surface area contributed by atoms with E-state index in [9.17, 15) is 9.59 Å². The predicted molar refractivity (Wildman–Crippen MR) is 130 cm³/mol. The van der Waals surface area contributed by atoms with Gasteiger partial charge >= 0.3 is 6.09 Å². The van der Waals surface area contributed by atoms with E-state index in [1.165, 1.54) is 7.11 Å². The van der Waals surface area contributed by atoms with E-state index in [2.05, 4.69) is 5.32 Å². The molecule has 0 aromatic heterocycles. The van der Waals surface area contributed by atoms with Crippen molar-refractivity contribution in [2.45, 2.75) is 59.3 Å². The van der Waals surface area contributed by atoms with Crippen molar-refractivity contribution in [1.29, 1.82) is 0 Å². The molecule has 2 spiro atoms. The Kier molecular flexibility index (Phi) is 5.96. The first-order valence-electron chi connectivity index (χ1n) is 12.0. The van der Waals surface area contributed by atoms with Gasteiger partial charge in [-0.05, 0) is 31.4 Å². The number of piperidine rings is 1. The number of halogens is 3. The molecule has 4 bridgehead atoms. The number of nitrogens with one attached hydrogen (secondary N) is 1. The highest BCUT2D eigenvalue weighted by Gasteiger charge is 2.69. The molecule has 9 nitrogen and oxygen atoms in total. The number of fused-ring (bicyclic) bond motifs is 2. The van der Waals surface area contributed by atoms with Crippen LogP contribution in [0.4, 0.5) is 10.5 Å². The van der Waals surface area contributed by atoms with Crippen molar-refractivity contribution in [3.05, 3.63) is 29.8 Å². The molecular weight excluding hydrogens is 535 g/mol. The molecule has 7 rings (SSSR count). The summed E-state index contributed by atoms with van der Waals surface area (Å²) in [6.45, 7) is 1.17. The third-order valence-electron chi connectivity index (χ3n) is 8.66. The highest BCUT2D eigenvalue weighted by Crippen LogP contribution is 2.59. The SMILES string of the molecule is COC1OC(C)C2(CN(C(=O)OCC(Cl)(Cl)Cl)[C@H]3C[C@@]4(C(=O)Nc5ccccc54)[C@@H]4C[C@@H]2[C@@H]3CO4)O1. The number of methoxy groups -OCH3 is 1. The van der Waals surface area contributed by atoms with Crippen LogP contribution in [0.5, 0.6) is 0 Å². The van der Waals surface area contributed by atoms with E-state index in [1.807, 2.05) is 31.2 Å². The normalized spacial score (nSPS) is 40.9. The van der Waals surface area contributed by atoms with Crippen LogP contribution in [-0.2, 0) is 33.9 Å². The minimum absolute atomic E-state index is 0.0476. The lowest BCUT2D eigenvalue weighted by Crippen LogP contribution is -2.68. The second-order valence-corrected chi connectivity index (χ2v) is 12.8. The number of rotatable bonds is 2. The van der Waals surface area contributed by atoms with Crippen molar-refractivity contribution in [2.24, 2.45) is 11.8 Å². The van der Waals surface area contributed by atoms with Gasteiger partial charge in [0.05, 0.1) is 25.4 Å². The molecule has 8 atom stereocenters. The summed E-state index contributed by atoms with van der Waals surface area (Å²) in [7, 11) is 1.51. The van der Waals surface area contributed by atoms with Crippen LogP contribution in [0, 0.1) is 11.8 Å². The Balaban J connectivity index is 1.45. The van der Waals surface area contributed by atoms with E-state index in [1.54, 1.807) is 4.90 Å². The topological polar surface area (TPSA) is 95.6 Å². The maximum atomic E-state index is 13.7. The van der Waals surface area contributed by atoms with Gasteiger partial charge in [0.2, 0.25) is 9.70 Å². The first-order valence-corrected chi connectivity index (χ1v) is 13.1. The molecule has 2 amide bonds. The molecule has 1 saturated carbocycles. The molecule has 5 aliphatic heterocycles. The third kappa shape index (κ3) is 3.58. The van der Waals surface area contributed by atoms with Crippen molar-refractivity contribution in [2.75, 3.05) is 32.2 Å². The van der Waals surface area contributed by atoms with Gasteiger partial charge in [0.25, 0.3) is 6.48 Å². The summed E-state index contributed by atoms with van der Waals surface area (Å²) in [5.74, 6) is -0.303. The minimum atomic E-state index is -1.76. The lowest BCUT2D eigenvalue weighted by Gasteiger charge is -2.54. The Bertz CT molecular complexity index is 1090. The van der Waals surface area contributed by atoms with Gasteiger partial charge in [-0.3, -0.25) is 4.79 Å². The molecule has 12 heteroatoms. The summed E-state index contributed by atoms with van der Waals surface area (Å²) in [5.41, 5.74) is -0.210. The highest BCUT2D eigenvalue weighted by atomic mass is 35.6. The number of hydrogen-bond donors (Lipinski definition) is 1. The summed E-state index contributed by atoms with van der Waals surface area (Å²) in [5, 5.41) is 3.04. The number of ether oxygens (including phenoxy) is 5. The number of likely N-dealkylation sites (tertiary alicyclic amines) is 1. The maximum absolute atomic E-state index is 13.7. The van der Waals surface area contributed by atoms with Crippen LogP contribution in [0.15, 0.2) is 24.3 Å². The molecule has 5 fully saturated rings. The molecule has 36 heavy (non-hydrogen) atoms. The van der Waals surface area contributed by atoms with Crippen molar-refractivity contribution >= 4 is 52.5 Å². The first kappa shape index (κ1) is 25.0. The van der Waals surface area contributed by atoms with E-state index in [0.717, 1.165) is 11.3 Å². The molecule has 196 valence electrons. The molecule has 5 heterocycles. The van der Waals surface area contributed by atoms with Gasteiger partial charge in [-0.1, -0.05) is 53.0 Å². The number of benzene rings is 1. The Morgan fingerprint density at radius 1 is 1.31 bits per heavy atom. The molecule has 1 aromatic carbocycles. The molecule has 6 aliphatic rings. The number of carbonyl (C=O) groups is 2. The monoisotopic (exact) mass is 560 g/mol. The number of nitrogens with zero attached hydrogens (tertiary/aromatic N) is 1. The van der Waals surface area contributed by atoms with Crippen molar-refractivity contribution in [3.8, 4) is 0 Å². The zero-order valence-electron chi connectivity index (χ0n) is 19.7. The van der Waals surface area contributed by atoms with Crippen LogP contribution in [0.25, 0.3) is 0 Å². The van der Waals surface area contributed by atoms with E-state index < -0.39 is 46.2 Å². The summed E-state index contributed by atoms with van der Waals surface area (Å²) < 4.78 is 27.8. The standard InChI is InChI=1S/C24H27Cl3N2O7/c1-12-23(36-21(32-2)35-12)10-29(20(31)34-11-24(25,26)27)17-8-22(18-7-15(23)13(17)9-33-18)14-5-3-4-6-16(14)28-19(22)30/h3-6,12-13,15,17-18,21H,7-11H2,1-2H3,(H,28,30)/t12?,13-,15+,17-,18-,21?,22-,23?/m0/s1. The van der Waals surface area contributed by atoms with E-state index in [4.69, 9.17) is 58.5 Å². The van der Waals surface area contributed by atoms with Gasteiger partial charge in [0, 0.05) is 30.7 Å². The van der Waals surface area contributed by atoms with Gasteiger partial charge in [-0.2, -0.15) is 0 Å². The van der Waals surface area contributed by atoms with Gasteiger partial charge in [-0.15, -0.1) is 0 Å². The molecule has 0 radical (unpaired) electrons. The summed E-state index contributed by atoms with van der Waals surface area (Å²) in [6.07, 6.45) is -0.489. The molecule has 1 N–H and O–H groups in total. The predicted octanol–water partition coefficient (Wildman–Crippen LogP) is 3.60. The van der Waals surface area contributed by atoms with Crippen LogP contribution in [0.1, 0.15) is 25.3 Å². The lowest BCUT2D eigenvalue weighted by atomic mass is 9.67. The smallest absolute Gasteiger partial charge is 0.410 e. The fraction of sp³-hybridized carbons (Fsp3) is 0.667.